The van der Waals surface area contributed by atoms with Gasteiger partial charge in [0.2, 0.25) is 0 Å². The van der Waals surface area contributed by atoms with Crippen LogP contribution in [0.3, 0.4) is 0 Å². The molecule has 3 fully saturated rings. The van der Waals surface area contributed by atoms with Gasteiger partial charge in [-0.15, -0.1) is 5.73 Å². The van der Waals surface area contributed by atoms with Crippen LogP contribution in [0.5, 0.6) is 0 Å². The van der Waals surface area contributed by atoms with Crippen LogP contribution in [0.1, 0.15) is 18.4 Å². The van der Waals surface area contributed by atoms with Gasteiger partial charge in [-0.3, -0.25) is 9.20 Å². The Kier molecular flexibility index (Phi) is 3.82. The van der Waals surface area contributed by atoms with Crippen molar-refractivity contribution < 1.29 is 22.8 Å². The average Bonchev–Trinajstić information content (AvgIpc) is 3.30. The second kappa shape index (κ2) is 6.12. The van der Waals surface area contributed by atoms with E-state index in [4.69, 9.17) is 0 Å². The molecule has 1 spiro atoms. The van der Waals surface area contributed by atoms with E-state index in [1.54, 1.807) is 4.40 Å². The van der Waals surface area contributed by atoms with E-state index in [2.05, 4.69) is 22.6 Å². The lowest BCUT2D eigenvalue weighted by Crippen LogP contribution is -2.63. The number of amides is 3. The normalized spacial score (nSPS) is 28.4. The lowest BCUT2D eigenvalue weighted by molar-refractivity contribution is -0.137. The number of anilines is 1. The van der Waals surface area contributed by atoms with Gasteiger partial charge in [-0.2, -0.15) is 13.2 Å². The highest BCUT2D eigenvalue weighted by atomic mass is 19.4. The van der Waals surface area contributed by atoms with Crippen LogP contribution >= 0.6 is 0 Å². The lowest BCUT2D eigenvalue weighted by Gasteiger charge is -2.44. The van der Waals surface area contributed by atoms with Gasteiger partial charge >= 0.3 is 12.2 Å². The Hall–Kier alpha value is -3.26. The van der Waals surface area contributed by atoms with Gasteiger partial charge in [0.15, 0.2) is 0 Å². The van der Waals surface area contributed by atoms with Crippen molar-refractivity contribution >= 4 is 23.3 Å². The molecule has 1 N–H and O–H groups in total. The predicted molar refractivity (Wildman–Crippen MR) is 100 cm³/mol. The molecule has 1 saturated carbocycles. The van der Waals surface area contributed by atoms with Crippen LogP contribution in [-0.4, -0.2) is 44.9 Å². The zero-order valence-electron chi connectivity index (χ0n) is 15.8. The van der Waals surface area contributed by atoms with Crippen LogP contribution in [0.4, 0.5) is 23.8 Å². The van der Waals surface area contributed by atoms with Crippen molar-refractivity contribution in [3.05, 3.63) is 48.7 Å². The van der Waals surface area contributed by atoms with E-state index in [1.165, 1.54) is 18.7 Å². The Morgan fingerprint density at radius 3 is 2.57 bits per heavy atom. The van der Waals surface area contributed by atoms with Crippen molar-refractivity contribution in [3.63, 3.8) is 0 Å². The third-order valence-corrected chi connectivity index (χ3v) is 6.51. The average molecular weight is 417 g/mol. The van der Waals surface area contributed by atoms with E-state index in [0.717, 1.165) is 17.0 Å². The third kappa shape index (κ3) is 2.43. The SMILES string of the molecule is C=C=CN1C(=O)NC2(C1=O)C1CCC2CN(c2cc(C(F)(F)F)cc3cncn23)C1. The fourth-order valence-corrected chi connectivity index (χ4v) is 5.22. The number of alkyl halides is 3. The van der Waals surface area contributed by atoms with Gasteiger partial charge in [-0.25, -0.2) is 14.7 Å². The van der Waals surface area contributed by atoms with Crippen LogP contribution < -0.4 is 10.2 Å². The van der Waals surface area contributed by atoms with Crippen LogP contribution in [0.15, 0.2) is 43.2 Å². The first kappa shape index (κ1) is 18.7. The van der Waals surface area contributed by atoms with Gasteiger partial charge in [-0.1, -0.05) is 6.58 Å². The first-order valence-corrected chi connectivity index (χ1v) is 9.55. The third-order valence-electron chi connectivity index (χ3n) is 6.51. The summed E-state index contributed by atoms with van der Waals surface area (Å²) in [7, 11) is 0. The molecule has 2 bridgehead atoms. The number of imidazole rings is 1. The van der Waals surface area contributed by atoms with E-state index >= 15 is 0 Å². The number of nitrogens with zero attached hydrogens (tertiary/aromatic N) is 4. The summed E-state index contributed by atoms with van der Waals surface area (Å²) in [5, 5.41) is 2.87. The van der Waals surface area contributed by atoms with E-state index in [-0.39, 0.29) is 17.7 Å². The maximum Gasteiger partial charge on any atom is 0.416 e. The van der Waals surface area contributed by atoms with Gasteiger partial charge in [0.1, 0.15) is 17.7 Å². The topological polar surface area (TPSA) is 70.0 Å². The molecule has 30 heavy (non-hydrogen) atoms. The van der Waals surface area contributed by atoms with Crippen LogP contribution in [0, 0.1) is 11.8 Å². The molecular weight excluding hydrogens is 399 g/mol. The van der Waals surface area contributed by atoms with E-state index in [1.807, 2.05) is 4.90 Å². The molecule has 2 aliphatic heterocycles. The number of pyridine rings is 1. The zero-order valence-corrected chi connectivity index (χ0v) is 15.8. The van der Waals surface area contributed by atoms with Crippen molar-refractivity contribution in [3.8, 4) is 0 Å². The molecule has 0 radical (unpaired) electrons. The van der Waals surface area contributed by atoms with Gasteiger partial charge in [-0.05, 0) is 25.0 Å². The minimum absolute atomic E-state index is 0.218. The Balaban J connectivity index is 1.53. The second-order valence-corrected chi connectivity index (χ2v) is 7.97. The number of urea groups is 1. The molecule has 2 aromatic rings. The largest absolute Gasteiger partial charge is 0.416 e. The number of rotatable bonds is 2. The number of halogens is 3. The molecule has 2 atom stereocenters. The van der Waals surface area contributed by atoms with Crippen LogP contribution in [-0.2, 0) is 11.0 Å². The number of carbonyl (C=O) groups excluding carboxylic acids is 2. The summed E-state index contributed by atoms with van der Waals surface area (Å²) >= 11 is 0. The van der Waals surface area contributed by atoms with Crippen LogP contribution in [0.2, 0.25) is 0 Å². The Morgan fingerprint density at radius 2 is 1.93 bits per heavy atom. The van der Waals surface area contributed by atoms with Gasteiger partial charge in [0.25, 0.3) is 5.91 Å². The molecule has 0 aromatic carbocycles. The highest BCUT2D eigenvalue weighted by Gasteiger charge is 2.64. The molecule has 10 heteroatoms. The Bertz CT molecular complexity index is 1100. The Labute approximate surface area is 169 Å². The number of nitrogens with one attached hydrogen (secondary N) is 1. The fourth-order valence-electron chi connectivity index (χ4n) is 5.22. The smallest absolute Gasteiger partial charge is 0.357 e. The molecule has 7 nitrogen and oxygen atoms in total. The number of piperidine rings is 1. The monoisotopic (exact) mass is 417 g/mol. The zero-order chi connectivity index (χ0) is 21.3. The van der Waals surface area contributed by atoms with E-state index in [9.17, 15) is 22.8 Å². The molecule has 1 aliphatic carbocycles. The highest BCUT2D eigenvalue weighted by Crippen LogP contribution is 2.49. The molecule has 2 saturated heterocycles. The van der Waals surface area contributed by atoms with Crippen molar-refractivity contribution in [1.82, 2.24) is 19.6 Å². The first-order valence-electron chi connectivity index (χ1n) is 9.55. The molecule has 2 aromatic heterocycles. The maximum atomic E-state index is 13.4. The van der Waals surface area contributed by atoms with Crippen molar-refractivity contribution in [1.29, 1.82) is 0 Å². The van der Waals surface area contributed by atoms with Crippen molar-refractivity contribution in [2.45, 2.75) is 24.6 Å². The summed E-state index contributed by atoms with van der Waals surface area (Å²) in [6.07, 6.45) is 1.01. The van der Waals surface area contributed by atoms with Gasteiger partial charge in [0.05, 0.1) is 23.5 Å². The maximum absolute atomic E-state index is 13.4. The number of hydrogen-bond donors (Lipinski definition) is 1. The molecule has 3 amide bonds. The van der Waals surface area contributed by atoms with Crippen molar-refractivity contribution in [2.75, 3.05) is 18.0 Å². The van der Waals surface area contributed by atoms with E-state index < -0.39 is 23.3 Å². The Morgan fingerprint density at radius 1 is 1.23 bits per heavy atom. The summed E-state index contributed by atoms with van der Waals surface area (Å²) in [5.41, 5.74) is 1.03. The molecular formula is C20H18F3N5O2. The molecule has 5 rings (SSSR count). The summed E-state index contributed by atoms with van der Waals surface area (Å²) < 4.78 is 41.9. The summed E-state index contributed by atoms with van der Waals surface area (Å²) in [6.45, 7) is 4.12. The molecule has 4 heterocycles. The minimum Gasteiger partial charge on any atom is -0.357 e. The summed E-state index contributed by atoms with van der Waals surface area (Å²) in [6, 6.07) is 1.67. The summed E-state index contributed by atoms with van der Waals surface area (Å²) in [4.78, 5) is 32.3. The summed E-state index contributed by atoms with van der Waals surface area (Å²) in [5.74, 6) is -0.399. The van der Waals surface area contributed by atoms with Gasteiger partial charge in [0, 0.05) is 24.9 Å². The molecule has 2 unspecified atom stereocenters. The standard InChI is InChI=1S/C20H18F3N5O2/c1-2-5-27-17(29)19(25-18(27)30)12-3-4-13(19)10-26(9-12)16-7-14(20(21,22)23)6-15-8-24-11-28(15)16/h5-8,11-13H,1,3-4,9-10H2,(H,25,30). The minimum atomic E-state index is -4.48. The lowest BCUT2D eigenvalue weighted by atomic mass is 9.76. The second-order valence-electron chi connectivity index (χ2n) is 7.97. The van der Waals surface area contributed by atoms with Crippen molar-refractivity contribution in [2.24, 2.45) is 11.8 Å². The number of carbonyl (C=O) groups is 2. The molecule has 156 valence electrons. The fraction of sp³-hybridized carbons (Fsp3) is 0.400. The number of fused-ring (bicyclic) bond motifs is 1. The van der Waals surface area contributed by atoms with Gasteiger partial charge < -0.3 is 10.2 Å². The first-order chi connectivity index (χ1) is 14.3. The van der Waals surface area contributed by atoms with Crippen LogP contribution in [0.25, 0.3) is 5.52 Å². The highest BCUT2D eigenvalue weighted by molar-refractivity contribution is 6.08. The molecule has 3 aliphatic rings. The number of imide groups is 1. The number of hydrogen-bond acceptors (Lipinski definition) is 4. The predicted octanol–water partition coefficient (Wildman–Crippen LogP) is 2.79. The number of aromatic nitrogens is 2. The quantitative estimate of drug-likeness (QED) is 0.603. The van der Waals surface area contributed by atoms with E-state index in [0.29, 0.717) is 37.3 Å².